The minimum Gasteiger partial charge on any atom is -0.300 e. The molecule has 0 fully saturated rings. The molecule has 0 saturated heterocycles. The van der Waals surface area contributed by atoms with Crippen LogP contribution in [0.4, 0.5) is 4.53 Å². The summed E-state index contributed by atoms with van der Waals surface area (Å²) < 4.78 is 25.6. The second-order valence-electron chi connectivity index (χ2n) is 0.643. The summed E-state index contributed by atoms with van der Waals surface area (Å²) >= 11 is 0. The van der Waals surface area contributed by atoms with Crippen LogP contribution in [0.2, 0.25) is 0 Å². The fraction of sp³-hybridized carbons (Fsp3) is 0. The molecule has 0 aliphatic carbocycles. The lowest BCUT2D eigenvalue weighted by atomic mass is 13.6. The molecule has 1 atom stereocenters. The van der Waals surface area contributed by atoms with Crippen molar-refractivity contribution in [2.45, 2.75) is 0 Å². The Labute approximate surface area is 38.3 Å². The van der Waals surface area contributed by atoms with Crippen LogP contribution in [0.3, 0.4) is 0 Å². The smallest absolute Gasteiger partial charge is 0.300 e. The molecule has 44 valence electrons. The number of hydrogen-bond donors (Lipinski definition) is 2. The second kappa shape index (κ2) is 2.34. The van der Waals surface area contributed by atoms with Crippen molar-refractivity contribution in [3.8, 4) is 0 Å². The third kappa shape index (κ3) is 2.67. The Morgan fingerprint density at radius 1 is 1.86 bits per heavy atom. The number of phosphoric acid groups is 1. The van der Waals surface area contributed by atoms with Gasteiger partial charge < -0.3 is 0 Å². The number of halogens is 1. The summed E-state index contributed by atoms with van der Waals surface area (Å²) in [7, 11) is -4.54. The van der Waals surface area contributed by atoms with Gasteiger partial charge in [0.15, 0.2) is 0 Å². The molecule has 0 saturated carbocycles. The molecule has 0 spiro atoms. The molecule has 0 heterocycles. The zero-order valence-electron chi connectivity index (χ0n) is 3.07. The first kappa shape index (κ1) is 7.00. The SMILES string of the molecule is NOP(=O)(O)OF. The monoisotopic (exact) mass is 131 g/mol. The van der Waals surface area contributed by atoms with E-state index >= 15 is 0 Å². The molecule has 7 heavy (non-hydrogen) atoms. The van der Waals surface area contributed by atoms with Crippen molar-refractivity contribution in [1.82, 2.24) is 0 Å². The number of nitrogens with two attached hydrogens (primary N) is 1. The standard InChI is InChI=1S/FH3NO4P/c1-5-7(3,4)6-2/h2H2,(H,3,4). The van der Waals surface area contributed by atoms with Gasteiger partial charge in [0.25, 0.3) is 0 Å². The molecule has 0 bridgehead atoms. The fourth-order valence-electron chi connectivity index (χ4n) is 0.0163. The van der Waals surface area contributed by atoms with E-state index in [1.807, 2.05) is 0 Å². The lowest BCUT2D eigenvalue weighted by molar-refractivity contribution is -0.0481. The second-order valence-corrected chi connectivity index (χ2v) is 1.93. The van der Waals surface area contributed by atoms with Gasteiger partial charge in [0.05, 0.1) is 0 Å². The molecule has 3 N–H and O–H groups in total. The van der Waals surface area contributed by atoms with E-state index in [-0.39, 0.29) is 0 Å². The van der Waals surface area contributed by atoms with Crippen molar-refractivity contribution in [2.75, 3.05) is 0 Å². The van der Waals surface area contributed by atoms with Crippen LogP contribution in [0.5, 0.6) is 0 Å². The van der Waals surface area contributed by atoms with Gasteiger partial charge >= 0.3 is 7.82 Å². The molecule has 0 aromatic heterocycles. The molecular weight excluding hydrogens is 128 g/mol. The van der Waals surface area contributed by atoms with Crippen molar-refractivity contribution in [3.63, 3.8) is 0 Å². The maximum absolute atomic E-state index is 10.6. The van der Waals surface area contributed by atoms with Crippen LogP contribution in [0, 0.1) is 0 Å². The Morgan fingerprint density at radius 2 is 2.29 bits per heavy atom. The van der Waals surface area contributed by atoms with Gasteiger partial charge in [-0.2, -0.15) is 4.62 Å². The van der Waals surface area contributed by atoms with E-state index in [1.54, 1.807) is 0 Å². The van der Waals surface area contributed by atoms with Crippen molar-refractivity contribution in [1.29, 1.82) is 0 Å². The molecule has 5 nitrogen and oxygen atoms in total. The molecule has 1 unspecified atom stereocenters. The van der Waals surface area contributed by atoms with Crippen LogP contribution in [-0.4, -0.2) is 4.89 Å². The highest BCUT2D eigenvalue weighted by molar-refractivity contribution is 7.47. The molecule has 0 aromatic carbocycles. The minimum absolute atomic E-state index is 2.35. The molecule has 0 amide bonds. The average molecular weight is 131 g/mol. The summed E-state index contributed by atoms with van der Waals surface area (Å²) in [5, 5.41) is 0. The van der Waals surface area contributed by atoms with E-state index in [4.69, 9.17) is 4.89 Å². The van der Waals surface area contributed by atoms with Gasteiger partial charge in [-0.15, -0.1) is 0 Å². The van der Waals surface area contributed by atoms with Gasteiger partial charge in [0, 0.05) is 0 Å². The van der Waals surface area contributed by atoms with Gasteiger partial charge in [-0.1, -0.05) is 4.73 Å². The molecule has 0 aliphatic rings. The first-order chi connectivity index (χ1) is 3.12. The molecule has 0 aliphatic heterocycles. The van der Waals surface area contributed by atoms with Crippen LogP contribution in [0.1, 0.15) is 0 Å². The highest BCUT2D eigenvalue weighted by atomic mass is 31.2. The lowest BCUT2D eigenvalue weighted by Crippen LogP contribution is -1.95. The van der Waals surface area contributed by atoms with Crippen molar-refractivity contribution in [3.05, 3.63) is 0 Å². The van der Waals surface area contributed by atoms with E-state index < -0.39 is 7.82 Å². The molecule has 0 aromatic rings. The summed E-state index contributed by atoms with van der Waals surface area (Å²) in [6.07, 6.45) is 0. The van der Waals surface area contributed by atoms with Crippen LogP contribution in [0.15, 0.2) is 0 Å². The van der Waals surface area contributed by atoms with Crippen LogP contribution in [-0.2, 0) is 13.9 Å². The third-order valence-electron chi connectivity index (χ3n) is 0.220. The minimum atomic E-state index is -4.54. The number of hydrogen-bond acceptors (Lipinski definition) is 4. The van der Waals surface area contributed by atoms with E-state index in [0.29, 0.717) is 0 Å². The van der Waals surface area contributed by atoms with Gasteiger partial charge in [0.1, 0.15) is 0 Å². The maximum Gasteiger partial charge on any atom is 0.519 e. The topological polar surface area (TPSA) is 81.8 Å². The first-order valence-corrected chi connectivity index (χ1v) is 2.63. The maximum atomic E-state index is 10.6. The average Bonchev–Trinajstić information content (AvgIpc) is 1.68. The Morgan fingerprint density at radius 3 is 2.29 bits per heavy atom. The Balaban J connectivity index is 3.61. The van der Waals surface area contributed by atoms with Gasteiger partial charge in [-0.05, 0) is 4.53 Å². The predicted octanol–water partition coefficient (Wildman–Crippen LogP) is -0.122. The Bertz CT molecular complexity index is 83.7. The van der Waals surface area contributed by atoms with E-state index in [0.717, 1.165) is 0 Å². The highest BCUT2D eigenvalue weighted by Gasteiger charge is 2.19. The van der Waals surface area contributed by atoms with Gasteiger partial charge in [-0.25, -0.2) is 10.5 Å². The Hall–Kier alpha value is -0.0000000000000000555. The molecular formula is H3FNO4P. The largest absolute Gasteiger partial charge is 0.519 e. The molecule has 0 radical (unpaired) electrons. The van der Waals surface area contributed by atoms with Crippen molar-refractivity contribution in [2.24, 2.45) is 5.90 Å². The third-order valence-corrected chi connectivity index (χ3v) is 0.661. The van der Waals surface area contributed by atoms with Crippen molar-refractivity contribution >= 4 is 7.82 Å². The summed E-state index contributed by atoms with van der Waals surface area (Å²) in [5.41, 5.74) is 0. The van der Waals surface area contributed by atoms with E-state index in [9.17, 15) is 9.09 Å². The summed E-state index contributed by atoms with van der Waals surface area (Å²) in [6.45, 7) is 0. The van der Waals surface area contributed by atoms with Gasteiger partial charge in [0.2, 0.25) is 0 Å². The normalized spacial score (nSPS) is 18.7. The quantitative estimate of drug-likeness (QED) is 0.403. The summed E-state index contributed by atoms with van der Waals surface area (Å²) in [4.78, 5) is 7.74. The number of rotatable bonds is 2. The molecule has 0 rings (SSSR count). The van der Waals surface area contributed by atoms with Crippen LogP contribution >= 0.6 is 7.82 Å². The zero-order valence-corrected chi connectivity index (χ0v) is 3.97. The zero-order chi connectivity index (χ0) is 5.91. The van der Waals surface area contributed by atoms with Gasteiger partial charge in [-0.3, -0.25) is 4.89 Å². The lowest BCUT2D eigenvalue weighted by Gasteiger charge is -1.95. The molecule has 7 heteroatoms. The summed E-state index contributed by atoms with van der Waals surface area (Å²) in [5.74, 6) is 4.04. The highest BCUT2D eigenvalue weighted by Crippen LogP contribution is 2.40. The predicted molar refractivity (Wildman–Crippen MR) is 17.3 cm³/mol. The van der Waals surface area contributed by atoms with E-state index in [1.165, 1.54) is 0 Å². The van der Waals surface area contributed by atoms with Crippen LogP contribution in [0.25, 0.3) is 0 Å². The Kier molecular flexibility index (Phi) is 2.34. The van der Waals surface area contributed by atoms with E-state index in [2.05, 4.69) is 15.2 Å². The van der Waals surface area contributed by atoms with Crippen LogP contribution < -0.4 is 5.90 Å². The first-order valence-electron chi connectivity index (χ1n) is 1.14. The van der Waals surface area contributed by atoms with Crippen molar-refractivity contribution < 1.29 is 23.3 Å². The summed E-state index contributed by atoms with van der Waals surface area (Å²) in [6, 6.07) is 0. The fourth-order valence-corrected chi connectivity index (χ4v) is 0.0488.